The number of rotatable bonds is 5. The van der Waals surface area contributed by atoms with Gasteiger partial charge in [-0.25, -0.2) is 0 Å². The van der Waals surface area contributed by atoms with Crippen LogP contribution in [0.4, 0.5) is 18.9 Å². The maximum atomic E-state index is 12.4. The molecule has 0 fully saturated rings. The molecule has 1 aliphatic rings. The van der Waals surface area contributed by atoms with E-state index in [1.807, 2.05) is 18.7 Å². The van der Waals surface area contributed by atoms with Crippen LogP contribution >= 0.6 is 0 Å². The van der Waals surface area contributed by atoms with E-state index in [2.05, 4.69) is 16.1 Å². The van der Waals surface area contributed by atoms with Crippen molar-refractivity contribution in [2.75, 3.05) is 18.0 Å². The molecule has 0 spiro atoms. The number of anilines is 1. The Kier molecular flexibility index (Phi) is 5.69. The highest BCUT2D eigenvalue weighted by molar-refractivity contribution is 5.83. The van der Waals surface area contributed by atoms with Crippen molar-refractivity contribution in [3.05, 3.63) is 23.8 Å². The third-order valence-corrected chi connectivity index (χ3v) is 4.62. The average molecular weight is 369 g/mol. The van der Waals surface area contributed by atoms with Crippen molar-refractivity contribution in [1.29, 1.82) is 5.26 Å². The predicted molar refractivity (Wildman–Crippen MR) is 90.7 cm³/mol. The molecule has 26 heavy (non-hydrogen) atoms. The summed E-state index contributed by atoms with van der Waals surface area (Å²) in [6.07, 6.45) is -3.40. The number of carbonyl (C=O) groups excluding carboxylic acids is 1. The van der Waals surface area contributed by atoms with E-state index in [0.717, 1.165) is 6.42 Å². The molecule has 8 heteroatoms. The molecule has 1 atom stereocenters. The van der Waals surface area contributed by atoms with Crippen molar-refractivity contribution < 1.29 is 22.7 Å². The Labute approximate surface area is 150 Å². The molecule has 0 saturated heterocycles. The Balaban J connectivity index is 2.12. The molecule has 0 aliphatic carbocycles. The number of nitrogens with one attached hydrogen (secondary N) is 1. The van der Waals surface area contributed by atoms with Crippen molar-refractivity contribution in [2.45, 2.75) is 45.5 Å². The van der Waals surface area contributed by atoms with Crippen LogP contribution in [0.25, 0.3) is 0 Å². The van der Waals surface area contributed by atoms with Gasteiger partial charge in [0.05, 0.1) is 12.6 Å². The maximum absolute atomic E-state index is 12.4. The first-order chi connectivity index (χ1) is 12.0. The molecular formula is C18H22F3N3O2. The Morgan fingerprint density at radius 3 is 2.69 bits per heavy atom. The number of amides is 1. The SMILES string of the molecule is CC(C)C(C)(C#N)NC(=O)CN1CCCc2cc(OC(F)(F)F)ccc21. The van der Waals surface area contributed by atoms with Crippen LogP contribution in [0, 0.1) is 17.2 Å². The van der Waals surface area contributed by atoms with Gasteiger partial charge >= 0.3 is 6.36 Å². The van der Waals surface area contributed by atoms with E-state index >= 15 is 0 Å². The van der Waals surface area contributed by atoms with Gasteiger partial charge in [-0.05, 0) is 49.4 Å². The molecule has 0 saturated carbocycles. The second-order valence-electron chi connectivity index (χ2n) is 6.88. The van der Waals surface area contributed by atoms with E-state index in [0.29, 0.717) is 24.2 Å². The first-order valence-corrected chi connectivity index (χ1v) is 8.40. The Morgan fingerprint density at radius 2 is 2.12 bits per heavy atom. The largest absolute Gasteiger partial charge is 0.573 e. The van der Waals surface area contributed by atoms with Crippen molar-refractivity contribution in [3.8, 4) is 11.8 Å². The van der Waals surface area contributed by atoms with Crippen molar-refractivity contribution in [2.24, 2.45) is 5.92 Å². The van der Waals surface area contributed by atoms with Crippen LogP contribution < -0.4 is 15.0 Å². The molecule has 5 nitrogen and oxygen atoms in total. The molecule has 1 aromatic carbocycles. The molecule has 1 aromatic rings. The molecule has 1 aliphatic heterocycles. The van der Waals surface area contributed by atoms with E-state index in [4.69, 9.17) is 0 Å². The number of nitriles is 1. The van der Waals surface area contributed by atoms with Gasteiger partial charge in [-0.1, -0.05) is 13.8 Å². The standard InChI is InChI=1S/C18H22F3N3O2/c1-12(2)17(3,11-22)23-16(25)10-24-8-4-5-13-9-14(6-7-15(13)24)26-18(19,20)21/h6-7,9,12H,4-5,8,10H2,1-3H3,(H,23,25). The van der Waals surface area contributed by atoms with E-state index in [1.165, 1.54) is 18.2 Å². The molecular weight excluding hydrogens is 347 g/mol. The van der Waals surface area contributed by atoms with E-state index in [9.17, 15) is 23.2 Å². The number of benzene rings is 1. The summed E-state index contributed by atoms with van der Waals surface area (Å²) in [5, 5.41) is 12.1. The summed E-state index contributed by atoms with van der Waals surface area (Å²) in [5.74, 6) is -0.627. The lowest BCUT2D eigenvalue weighted by molar-refractivity contribution is -0.274. The molecule has 1 unspecified atom stereocenters. The number of hydrogen-bond donors (Lipinski definition) is 1. The fraction of sp³-hybridized carbons (Fsp3) is 0.556. The van der Waals surface area contributed by atoms with Crippen LogP contribution in [0.5, 0.6) is 5.75 Å². The van der Waals surface area contributed by atoms with Gasteiger partial charge in [-0.3, -0.25) is 4.79 Å². The number of ether oxygens (including phenoxy) is 1. The lowest BCUT2D eigenvalue weighted by Crippen LogP contribution is -2.52. The van der Waals surface area contributed by atoms with Crippen LogP contribution in [-0.2, 0) is 11.2 Å². The minimum atomic E-state index is -4.74. The van der Waals surface area contributed by atoms with Crippen LogP contribution in [0.15, 0.2) is 18.2 Å². The highest BCUT2D eigenvalue weighted by Crippen LogP contribution is 2.32. The van der Waals surface area contributed by atoms with Crippen LogP contribution in [0.3, 0.4) is 0 Å². The highest BCUT2D eigenvalue weighted by atomic mass is 19.4. The van der Waals surface area contributed by atoms with Gasteiger partial charge in [0.25, 0.3) is 0 Å². The zero-order valence-electron chi connectivity index (χ0n) is 15.0. The summed E-state index contributed by atoms with van der Waals surface area (Å²) >= 11 is 0. The molecule has 1 heterocycles. The molecule has 0 bridgehead atoms. The fourth-order valence-corrected chi connectivity index (χ4v) is 2.82. The van der Waals surface area contributed by atoms with Gasteiger partial charge in [0, 0.05) is 12.2 Å². The minimum absolute atomic E-state index is 0.0382. The predicted octanol–water partition coefficient (Wildman–Crippen LogP) is 3.39. The van der Waals surface area contributed by atoms with E-state index < -0.39 is 11.9 Å². The van der Waals surface area contributed by atoms with Crippen molar-refractivity contribution >= 4 is 11.6 Å². The summed E-state index contributed by atoms with van der Waals surface area (Å²) in [4.78, 5) is 14.2. The zero-order valence-corrected chi connectivity index (χ0v) is 15.0. The summed E-state index contributed by atoms with van der Waals surface area (Å²) < 4.78 is 41.1. The third kappa shape index (κ3) is 4.81. The number of hydrogen-bond acceptors (Lipinski definition) is 4. The molecule has 0 aromatic heterocycles. The minimum Gasteiger partial charge on any atom is -0.406 e. The third-order valence-electron chi connectivity index (χ3n) is 4.62. The zero-order chi connectivity index (χ0) is 19.5. The lowest BCUT2D eigenvalue weighted by atomic mass is 9.90. The van der Waals surface area contributed by atoms with Crippen LogP contribution in [0.2, 0.25) is 0 Å². The highest BCUT2D eigenvalue weighted by Gasteiger charge is 2.33. The normalized spacial score (nSPS) is 16.5. The van der Waals surface area contributed by atoms with Gasteiger partial charge in [0.2, 0.25) is 5.91 Å². The number of alkyl halides is 3. The summed E-state index contributed by atoms with van der Waals surface area (Å²) in [6, 6.07) is 6.26. The van der Waals surface area contributed by atoms with Gasteiger partial charge in [0.1, 0.15) is 11.3 Å². The summed E-state index contributed by atoms with van der Waals surface area (Å²) in [5.41, 5.74) is 0.446. The van der Waals surface area contributed by atoms with Crippen molar-refractivity contribution in [3.63, 3.8) is 0 Å². The second kappa shape index (κ2) is 7.44. The Hall–Kier alpha value is -2.43. The molecule has 1 N–H and O–H groups in total. The van der Waals surface area contributed by atoms with E-state index in [-0.39, 0.29) is 24.1 Å². The first kappa shape index (κ1) is 19.9. The fourth-order valence-electron chi connectivity index (χ4n) is 2.82. The molecule has 1 amide bonds. The van der Waals surface area contributed by atoms with Crippen molar-refractivity contribution in [1.82, 2.24) is 5.32 Å². The van der Waals surface area contributed by atoms with E-state index in [1.54, 1.807) is 6.92 Å². The Bertz CT molecular complexity index is 713. The molecule has 142 valence electrons. The average Bonchev–Trinajstić information content (AvgIpc) is 2.52. The first-order valence-electron chi connectivity index (χ1n) is 8.40. The topological polar surface area (TPSA) is 65.4 Å². The maximum Gasteiger partial charge on any atom is 0.573 e. The summed E-state index contributed by atoms with van der Waals surface area (Å²) in [6.45, 7) is 6.02. The lowest BCUT2D eigenvalue weighted by Gasteiger charge is -2.33. The number of carbonyl (C=O) groups is 1. The monoisotopic (exact) mass is 369 g/mol. The second-order valence-corrected chi connectivity index (χ2v) is 6.88. The Morgan fingerprint density at radius 1 is 1.42 bits per heavy atom. The number of halogens is 3. The number of aryl methyl sites for hydroxylation is 1. The van der Waals surface area contributed by atoms with Gasteiger partial charge in [-0.15, -0.1) is 13.2 Å². The van der Waals surface area contributed by atoms with Gasteiger partial charge in [-0.2, -0.15) is 5.26 Å². The summed E-state index contributed by atoms with van der Waals surface area (Å²) in [7, 11) is 0. The molecule has 2 rings (SSSR count). The number of nitrogens with zero attached hydrogens (tertiary/aromatic N) is 2. The van der Waals surface area contributed by atoms with Crippen LogP contribution in [0.1, 0.15) is 32.8 Å². The van der Waals surface area contributed by atoms with Gasteiger partial charge in [0.15, 0.2) is 0 Å². The van der Waals surface area contributed by atoms with Crippen LogP contribution in [-0.4, -0.2) is 30.9 Å². The smallest absolute Gasteiger partial charge is 0.406 e. The van der Waals surface area contributed by atoms with Gasteiger partial charge < -0.3 is 15.0 Å². The molecule has 0 radical (unpaired) electrons. The number of fused-ring (bicyclic) bond motifs is 1. The quantitative estimate of drug-likeness (QED) is 0.864.